The van der Waals surface area contributed by atoms with Crippen molar-refractivity contribution in [1.82, 2.24) is 0 Å². The molecule has 4 heteroatoms. The molecule has 0 heterocycles. The Bertz CT molecular complexity index is 609. The minimum atomic E-state index is 0.795. The Hall–Kier alpha value is -1.00. The van der Waals surface area contributed by atoms with Crippen LogP contribution in [0.5, 0.6) is 0 Å². The molecule has 2 aromatic rings. The van der Waals surface area contributed by atoms with Crippen LogP contribution >= 0.6 is 31.9 Å². The summed E-state index contributed by atoms with van der Waals surface area (Å²) in [6, 6.07) is 10.3. The van der Waals surface area contributed by atoms with Gasteiger partial charge in [-0.05, 0) is 70.7 Å². The largest absolute Gasteiger partial charge is 0.398 e. The van der Waals surface area contributed by atoms with Gasteiger partial charge in [0.05, 0.1) is 5.69 Å². The molecule has 0 aliphatic carbocycles. The van der Waals surface area contributed by atoms with Crippen LogP contribution < -0.4 is 11.1 Å². The quantitative estimate of drug-likeness (QED) is 0.695. The van der Waals surface area contributed by atoms with E-state index in [9.17, 15) is 0 Å². The highest BCUT2D eigenvalue weighted by molar-refractivity contribution is 9.10. The third kappa shape index (κ3) is 3.31. The van der Waals surface area contributed by atoms with Crippen LogP contribution in [-0.4, -0.2) is 0 Å². The number of rotatable bonds is 3. The highest BCUT2D eigenvalue weighted by Crippen LogP contribution is 2.32. The second kappa shape index (κ2) is 5.97. The lowest BCUT2D eigenvalue weighted by Crippen LogP contribution is -1.98. The van der Waals surface area contributed by atoms with E-state index < -0.39 is 0 Å². The summed E-state index contributed by atoms with van der Waals surface area (Å²) in [6.07, 6.45) is 0.980. The summed E-state index contributed by atoms with van der Waals surface area (Å²) in [5.41, 5.74) is 11.2. The maximum absolute atomic E-state index is 5.89. The molecule has 19 heavy (non-hydrogen) atoms. The number of hydrogen-bond donors (Lipinski definition) is 2. The minimum Gasteiger partial charge on any atom is -0.398 e. The maximum atomic E-state index is 5.89. The molecule has 100 valence electrons. The third-order valence-corrected chi connectivity index (χ3v) is 4.22. The van der Waals surface area contributed by atoms with Gasteiger partial charge in [-0.2, -0.15) is 0 Å². The molecule has 0 aliphatic rings. The summed E-state index contributed by atoms with van der Waals surface area (Å²) in [7, 11) is 0. The summed E-state index contributed by atoms with van der Waals surface area (Å²) in [5, 5.41) is 3.46. The Morgan fingerprint density at radius 2 is 1.84 bits per heavy atom. The number of nitrogens with one attached hydrogen (secondary N) is 1. The van der Waals surface area contributed by atoms with Gasteiger partial charge in [-0.25, -0.2) is 0 Å². The van der Waals surface area contributed by atoms with Crippen molar-refractivity contribution in [1.29, 1.82) is 0 Å². The summed E-state index contributed by atoms with van der Waals surface area (Å²) >= 11 is 7.05. The maximum Gasteiger partial charge on any atom is 0.0532 e. The molecule has 0 amide bonds. The molecule has 0 aliphatic heterocycles. The van der Waals surface area contributed by atoms with Crippen molar-refractivity contribution in [2.24, 2.45) is 0 Å². The van der Waals surface area contributed by atoms with Crippen LogP contribution in [-0.2, 0) is 6.42 Å². The van der Waals surface area contributed by atoms with Crippen LogP contribution in [0, 0.1) is 6.92 Å². The van der Waals surface area contributed by atoms with E-state index in [1.54, 1.807) is 0 Å². The zero-order chi connectivity index (χ0) is 14.0. The molecule has 0 unspecified atom stereocenters. The summed E-state index contributed by atoms with van der Waals surface area (Å²) in [4.78, 5) is 0. The van der Waals surface area contributed by atoms with Crippen molar-refractivity contribution in [2.75, 3.05) is 11.1 Å². The fraction of sp³-hybridized carbons (Fsp3) is 0.200. The molecule has 2 aromatic carbocycles. The first-order valence-corrected chi connectivity index (χ1v) is 7.71. The summed E-state index contributed by atoms with van der Waals surface area (Å²) in [5.74, 6) is 0. The van der Waals surface area contributed by atoms with Crippen molar-refractivity contribution in [3.8, 4) is 0 Å². The predicted molar refractivity (Wildman–Crippen MR) is 90.1 cm³/mol. The second-order valence-electron chi connectivity index (χ2n) is 4.47. The average Bonchev–Trinajstić information content (AvgIpc) is 2.37. The van der Waals surface area contributed by atoms with E-state index in [0.717, 1.165) is 38.0 Å². The predicted octanol–water partition coefficient (Wildman–Crippen LogP) is 5.41. The molecule has 0 spiro atoms. The zero-order valence-corrected chi connectivity index (χ0v) is 14.1. The van der Waals surface area contributed by atoms with Crippen LogP contribution in [0.25, 0.3) is 0 Å². The van der Waals surface area contributed by atoms with Crippen LogP contribution in [0.15, 0.2) is 39.3 Å². The summed E-state index contributed by atoms with van der Waals surface area (Å²) in [6.45, 7) is 4.16. The number of nitrogens with two attached hydrogens (primary N) is 1. The molecule has 0 atom stereocenters. The van der Waals surface area contributed by atoms with E-state index in [0.29, 0.717) is 0 Å². The molecule has 0 saturated heterocycles. The number of anilines is 3. The van der Waals surface area contributed by atoms with Crippen molar-refractivity contribution in [3.05, 3.63) is 50.4 Å². The fourth-order valence-electron chi connectivity index (χ4n) is 1.91. The van der Waals surface area contributed by atoms with Gasteiger partial charge in [0.2, 0.25) is 0 Å². The zero-order valence-electron chi connectivity index (χ0n) is 10.9. The lowest BCUT2D eigenvalue weighted by Gasteiger charge is -2.14. The van der Waals surface area contributed by atoms with Gasteiger partial charge in [0.15, 0.2) is 0 Å². The Morgan fingerprint density at radius 3 is 2.53 bits per heavy atom. The molecule has 2 rings (SSSR count). The van der Waals surface area contributed by atoms with Gasteiger partial charge >= 0.3 is 0 Å². The highest BCUT2D eigenvalue weighted by Gasteiger charge is 2.07. The molecular weight excluding hydrogens is 368 g/mol. The van der Waals surface area contributed by atoms with Gasteiger partial charge in [-0.1, -0.05) is 22.9 Å². The van der Waals surface area contributed by atoms with Crippen LogP contribution in [0.4, 0.5) is 17.1 Å². The Morgan fingerprint density at radius 1 is 1.11 bits per heavy atom. The van der Waals surface area contributed by atoms with Crippen molar-refractivity contribution >= 4 is 48.9 Å². The molecule has 0 saturated carbocycles. The van der Waals surface area contributed by atoms with Gasteiger partial charge in [0, 0.05) is 20.3 Å². The Kier molecular flexibility index (Phi) is 4.53. The van der Waals surface area contributed by atoms with Gasteiger partial charge in [0.25, 0.3) is 0 Å². The lowest BCUT2D eigenvalue weighted by atomic mass is 10.1. The topological polar surface area (TPSA) is 38.0 Å². The molecule has 0 radical (unpaired) electrons. The van der Waals surface area contributed by atoms with Gasteiger partial charge in [-0.3, -0.25) is 0 Å². The minimum absolute atomic E-state index is 0.795. The third-order valence-electron chi connectivity index (χ3n) is 3.07. The number of hydrogen-bond acceptors (Lipinski definition) is 2. The molecule has 0 fully saturated rings. The van der Waals surface area contributed by atoms with Crippen LogP contribution in [0.3, 0.4) is 0 Å². The van der Waals surface area contributed by atoms with E-state index >= 15 is 0 Å². The van der Waals surface area contributed by atoms with Gasteiger partial charge < -0.3 is 11.1 Å². The molecule has 3 N–H and O–H groups in total. The molecule has 2 nitrogen and oxygen atoms in total. The first kappa shape index (κ1) is 14.4. The van der Waals surface area contributed by atoms with Gasteiger partial charge in [0.1, 0.15) is 0 Å². The van der Waals surface area contributed by atoms with E-state index in [4.69, 9.17) is 5.73 Å². The standard InChI is InChI=1S/C15H16Br2N2/c1-3-10-7-11(16)4-5-14(10)19-15-6-9(2)13(18)8-12(15)17/h4-8,19H,3,18H2,1-2H3. The number of aryl methyl sites for hydroxylation is 2. The number of benzene rings is 2. The molecular formula is C15H16Br2N2. The average molecular weight is 384 g/mol. The fourth-order valence-corrected chi connectivity index (χ4v) is 2.78. The number of halogens is 2. The SMILES string of the molecule is CCc1cc(Br)ccc1Nc1cc(C)c(N)cc1Br. The Balaban J connectivity index is 2.39. The van der Waals surface area contributed by atoms with E-state index in [1.165, 1.54) is 5.56 Å². The smallest absolute Gasteiger partial charge is 0.0532 e. The Labute approximate surface area is 130 Å². The normalized spacial score (nSPS) is 10.5. The first-order chi connectivity index (χ1) is 9.01. The van der Waals surface area contributed by atoms with Crippen LogP contribution in [0.1, 0.15) is 18.1 Å². The number of nitrogen functional groups attached to an aromatic ring is 1. The summed E-state index contributed by atoms with van der Waals surface area (Å²) < 4.78 is 2.07. The van der Waals surface area contributed by atoms with E-state index in [1.807, 2.05) is 19.1 Å². The van der Waals surface area contributed by atoms with Crippen molar-refractivity contribution < 1.29 is 0 Å². The van der Waals surface area contributed by atoms with E-state index in [-0.39, 0.29) is 0 Å². The highest BCUT2D eigenvalue weighted by atomic mass is 79.9. The van der Waals surface area contributed by atoms with E-state index in [2.05, 4.69) is 62.3 Å². The molecule has 0 aromatic heterocycles. The first-order valence-electron chi connectivity index (χ1n) is 6.12. The van der Waals surface area contributed by atoms with Crippen molar-refractivity contribution in [3.63, 3.8) is 0 Å². The van der Waals surface area contributed by atoms with Gasteiger partial charge in [-0.15, -0.1) is 0 Å². The monoisotopic (exact) mass is 382 g/mol. The van der Waals surface area contributed by atoms with Crippen molar-refractivity contribution in [2.45, 2.75) is 20.3 Å². The lowest BCUT2D eigenvalue weighted by molar-refractivity contribution is 1.14. The second-order valence-corrected chi connectivity index (χ2v) is 6.24. The molecule has 0 bridgehead atoms. The van der Waals surface area contributed by atoms with Crippen LogP contribution in [0.2, 0.25) is 0 Å².